The van der Waals surface area contributed by atoms with Gasteiger partial charge < -0.3 is 9.73 Å². The van der Waals surface area contributed by atoms with E-state index in [0.717, 1.165) is 44.5 Å². The lowest BCUT2D eigenvalue weighted by Crippen LogP contribution is -2.45. The van der Waals surface area contributed by atoms with Crippen LogP contribution in [0.25, 0.3) is 73.4 Å². The molecule has 6 heteroatoms. The van der Waals surface area contributed by atoms with E-state index in [-0.39, 0.29) is 12.3 Å². The zero-order chi connectivity index (χ0) is 33.5. The molecular formula is C45H29N3OS2. The van der Waals surface area contributed by atoms with Crippen LogP contribution >= 0.6 is 22.7 Å². The smallest absolute Gasteiger partial charge is 0.143 e. The number of rotatable bonds is 4. The molecule has 7 aromatic carbocycles. The molecule has 3 aromatic heterocycles. The molecule has 0 saturated carbocycles. The number of furan rings is 1. The van der Waals surface area contributed by atoms with Crippen LogP contribution in [0.2, 0.25) is 0 Å². The Morgan fingerprint density at radius 2 is 1.16 bits per heavy atom. The molecule has 1 aliphatic heterocycles. The van der Waals surface area contributed by atoms with Gasteiger partial charge in [0.2, 0.25) is 0 Å². The van der Waals surface area contributed by atoms with E-state index < -0.39 is 0 Å². The second-order valence-electron chi connectivity index (χ2n) is 13.1. The summed E-state index contributed by atoms with van der Waals surface area (Å²) in [6.45, 7) is 0. The van der Waals surface area contributed by atoms with E-state index in [4.69, 9.17) is 9.41 Å². The quantitative estimate of drug-likeness (QED) is 0.193. The molecule has 0 radical (unpaired) electrons. The van der Waals surface area contributed by atoms with Crippen molar-refractivity contribution in [3.05, 3.63) is 168 Å². The third kappa shape index (κ3) is 4.51. The van der Waals surface area contributed by atoms with Gasteiger partial charge in [-0.3, -0.25) is 5.32 Å². The molecule has 0 bridgehead atoms. The summed E-state index contributed by atoms with van der Waals surface area (Å²) in [6, 6.07) is 54.0. The summed E-state index contributed by atoms with van der Waals surface area (Å²) in [5, 5.41) is 15.1. The molecule has 11 rings (SSSR count). The Balaban J connectivity index is 1.10. The zero-order valence-electron chi connectivity index (χ0n) is 27.3. The van der Waals surface area contributed by atoms with Gasteiger partial charge in [-0.25, -0.2) is 4.99 Å². The molecule has 0 aliphatic carbocycles. The van der Waals surface area contributed by atoms with Crippen LogP contribution in [0.5, 0.6) is 0 Å². The minimum atomic E-state index is -0.224. The van der Waals surface area contributed by atoms with E-state index >= 15 is 0 Å². The first kappa shape index (κ1) is 29.0. The van der Waals surface area contributed by atoms with Gasteiger partial charge in [0.1, 0.15) is 29.3 Å². The number of para-hydroxylation sites is 2. The Kier molecular flexibility index (Phi) is 6.46. The van der Waals surface area contributed by atoms with E-state index in [1.807, 2.05) is 28.7 Å². The molecule has 2 N–H and O–H groups in total. The summed E-state index contributed by atoms with van der Waals surface area (Å²) in [5.74, 6) is 0.891. The second kappa shape index (κ2) is 11.4. The summed E-state index contributed by atoms with van der Waals surface area (Å²) in [5.41, 5.74) is 7.60. The summed E-state index contributed by atoms with van der Waals surface area (Å²) in [6.07, 6.45) is -0.381. The van der Waals surface area contributed by atoms with Gasteiger partial charge >= 0.3 is 0 Å². The molecule has 4 heterocycles. The fraction of sp³-hybridized carbons (Fsp3) is 0.0444. The van der Waals surface area contributed by atoms with Crippen molar-refractivity contribution in [2.45, 2.75) is 12.3 Å². The Bertz CT molecular complexity index is 3010. The number of nitrogens with one attached hydrogen (secondary N) is 2. The Labute approximate surface area is 301 Å². The predicted molar refractivity (Wildman–Crippen MR) is 216 cm³/mol. The number of fused-ring (bicyclic) bond motifs is 9. The highest BCUT2D eigenvalue weighted by atomic mass is 32.1. The molecule has 0 spiro atoms. The number of benzene rings is 7. The third-order valence-electron chi connectivity index (χ3n) is 10.2. The predicted octanol–water partition coefficient (Wildman–Crippen LogP) is 12.3. The Morgan fingerprint density at radius 1 is 0.510 bits per heavy atom. The molecule has 0 fully saturated rings. The average molecular weight is 692 g/mol. The highest BCUT2D eigenvalue weighted by Gasteiger charge is 2.29. The van der Waals surface area contributed by atoms with Crippen molar-refractivity contribution in [3.63, 3.8) is 0 Å². The van der Waals surface area contributed by atoms with Gasteiger partial charge in [-0.05, 0) is 35.4 Å². The maximum absolute atomic E-state index is 6.51. The van der Waals surface area contributed by atoms with E-state index in [9.17, 15) is 0 Å². The topological polar surface area (TPSA) is 49.6 Å². The molecule has 0 amide bonds. The normalized spacial score (nSPS) is 16.4. The molecule has 51 heavy (non-hydrogen) atoms. The van der Waals surface area contributed by atoms with Crippen molar-refractivity contribution in [2.75, 3.05) is 0 Å². The molecule has 242 valence electrons. The lowest BCUT2D eigenvalue weighted by Gasteiger charge is -2.32. The molecule has 1 aliphatic rings. The maximum atomic E-state index is 6.51. The monoisotopic (exact) mass is 691 g/mol. The summed E-state index contributed by atoms with van der Waals surface area (Å²) in [7, 11) is 0. The van der Waals surface area contributed by atoms with Crippen LogP contribution in [0.4, 0.5) is 0 Å². The van der Waals surface area contributed by atoms with E-state index in [1.54, 1.807) is 0 Å². The second-order valence-corrected chi connectivity index (χ2v) is 15.2. The highest BCUT2D eigenvalue weighted by Crippen LogP contribution is 2.45. The van der Waals surface area contributed by atoms with Gasteiger partial charge in [0.25, 0.3) is 0 Å². The Hall–Kier alpha value is -5.79. The van der Waals surface area contributed by atoms with Crippen molar-refractivity contribution in [1.29, 1.82) is 0 Å². The van der Waals surface area contributed by atoms with E-state index in [0.29, 0.717) is 0 Å². The van der Waals surface area contributed by atoms with Crippen LogP contribution in [-0.2, 0) is 0 Å². The van der Waals surface area contributed by atoms with Crippen molar-refractivity contribution in [1.82, 2.24) is 10.6 Å². The SMILES string of the molecule is c1ccc(C2N=C(c3cccc4c3sc3c(-c5cccc6c5oc5ccccc56)cccc34)NC(c3cccc4sc5ccccc5c34)N2)cc1. The third-order valence-corrected chi connectivity index (χ3v) is 12.6. The molecule has 0 saturated heterocycles. The molecule has 2 unspecified atom stereocenters. The fourth-order valence-corrected chi connectivity index (χ4v) is 10.4. The van der Waals surface area contributed by atoms with Crippen molar-refractivity contribution in [2.24, 2.45) is 4.99 Å². The van der Waals surface area contributed by atoms with Crippen LogP contribution in [0, 0.1) is 0 Å². The van der Waals surface area contributed by atoms with Gasteiger partial charge in [0.05, 0.1) is 0 Å². The Morgan fingerprint density at radius 3 is 2.02 bits per heavy atom. The maximum Gasteiger partial charge on any atom is 0.143 e. The van der Waals surface area contributed by atoms with E-state index in [1.165, 1.54) is 51.5 Å². The highest BCUT2D eigenvalue weighted by molar-refractivity contribution is 7.27. The van der Waals surface area contributed by atoms with Crippen molar-refractivity contribution >= 4 is 90.8 Å². The van der Waals surface area contributed by atoms with Gasteiger partial charge in [-0.15, -0.1) is 22.7 Å². The standard InChI is InChI=1S/C45H29N3OS2/c1-2-12-26(13-3-1)43-46-44(34-21-11-25-38-39(34)33-15-5-7-24-37(33)50-38)48-45(47-43)35-22-10-20-32-31-19-9-18-30(41(31)51-42(32)35)29-17-8-16-28-27-14-4-6-23-36(27)49-40(28)29/h1-25,43-44,46H,(H,47,48). The number of amidine groups is 1. The zero-order valence-corrected chi connectivity index (χ0v) is 28.9. The van der Waals surface area contributed by atoms with Gasteiger partial charge in [0, 0.05) is 67.8 Å². The van der Waals surface area contributed by atoms with Gasteiger partial charge in [-0.1, -0.05) is 127 Å². The number of aliphatic imine (C=N–C) groups is 1. The molecule has 2 atom stereocenters. The van der Waals surface area contributed by atoms with Crippen molar-refractivity contribution in [3.8, 4) is 11.1 Å². The van der Waals surface area contributed by atoms with Crippen LogP contribution in [0.15, 0.2) is 161 Å². The molecule has 10 aromatic rings. The first-order chi connectivity index (χ1) is 25.3. The molecule has 4 nitrogen and oxygen atoms in total. The molecular weight excluding hydrogens is 663 g/mol. The summed E-state index contributed by atoms with van der Waals surface area (Å²) >= 11 is 3.69. The van der Waals surface area contributed by atoms with Gasteiger partial charge in [-0.2, -0.15) is 0 Å². The largest absolute Gasteiger partial charge is 0.455 e. The number of hydrogen-bond donors (Lipinski definition) is 2. The van der Waals surface area contributed by atoms with Gasteiger partial charge in [0.15, 0.2) is 0 Å². The lowest BCUT2D eigenvalue weighted by molar-refractivity contribution is 0.411. The first-order valence-electron chi connectivity index (χ1n) is 17.2. The summed E-state index contributed by atoms with van der Waals surface area (Å²) in [4.78, 5) is 5.38. The minimum Gasteiger partial charge on any atom is -0.455 e. The average Bonchev–Trinajstić information content (AvgIpc) is 3.89. The number of hydrogen-bond acceptors (Lipinski definition) is 6. The van der Waals surface area contributed by atoms with Crippen LogP contribution in [0.1, 0.15) is 29.0 Å². The van der Waals surface area contributed by atoms with Crippen LogP contribution < -0.4 is 10.6 Å². The van der Waals surface area contributed by atoms with E-state index in [2.05, 4.69) is 156 Å². The van der Waals surface area contributed by atoms with Crippen LogP contribution in [0.3, 0.4) is 0 Å². The minimum absolute atomic E-state index is 0.157. The lowest BCUT2D eigenvalue weighted by atomic mass is 9.99. The first-order valence-corrected chi connectivity index (χ1v) is 18.8. The van der Waals surface area contributed by atoms with Crippen LogP contribution in [-0.4, -0.2) is 5.84 Å². The number of nitrogens with zero attached hydrogens (tertiary/aromatic N) is 1. The van der Waals surface area contributed by atoms with Crippen molar-refractivity contribution < 1.29 is 4.42 Å². The fourth-order valence-electron chi connectivity index (χ4n) is 7.88. The summed E-state index contributed by atoms with van der Waals surface area (Å²) < 4.78 is 11.6. The number of thiophene rings is 2.